The lowest BCUT2D eigenvalue weighted by atomic mass is 9.95. The highest BCUT2D eigenvalue weighted by Gasteiger charge is 2.24. The number of hydrogen-bond donors (Lipinski definition) is 1. The van der Waals surface area contributed by atoms with Gasteiger partial charge in [0.2, 0.25) is 0 Å². The number of nitrogens with one attached hydrogen (secondary N) is 1. The largest absolute Gasteiger partial charge is 0.314 e. The van der Waals surface area contributed by atoms with Gasteiger partial charge in [0.05, 0.1) is 0 Å². The van der Waals surface area contributed by atoms with E-state index in [1.54, 1.807) is 6.07 Å². The maximum atomic E-state index is 14.1. The Kier molecular flexibility index (Phi) is 5.49. The molecule has 1 saturated heterocycles. The number of halogens is 2. The molecule has 1 heterocycles. The summed E-state index contributed by atoms with van der Waals surface area (Å²) in [7, 11) is 0. The predicted molar refractivity (Wildman–Crippen MR) is 77.6 cm³/mol. The van der Waals surface area contributed by atoms with Crippen molar-refractivity contribution < 1.29 is 8.78 Å². The van der Waals surface area contributed by atoms with E-state index >= 15 is 0 Å². The molecule has 1 N–H and O–H groups in total. The van der Waals surface area contributed by atoms with Crippen molar-refractivity contribution in [2.75, 3.05) is 26.2 Å². The van der Waals surface area contributed by atoms with E-state index in [0.717, 1.165) is 45.1 Å². The van der Waals surface area contributed by atoms with Gasteiger partial charge in [-0.25, -0.2) is 8.78 Å². The van der Waals surface area contributed by atoms with Crippen LogP contribution in [0.3, 0.4) is 0 Å². The van der Waals surface area contributed by atoms with E-state index in [0.29, 0.717) is 11.5 Å². The lowest BCUT2D eigenvalue weighted by Gasteiger charge is -2.35. The molecule has 1 aliphatic rings. The van der Waals surface area contributed by atoms with Crippen LogP contribution in [0, 0.1) is 17.6 Å². The Labute approximate surface area is 120 Å². The third-order valence-corrected chi connectivity index (χ3v) is 3.93. The molecule has 2 rings (SSSR count). The summed E-state index contributed by atoms with van der Waals surface area (Å²) in [5.41, 5.74) is 0.633. The van der Waals surface area contributed by atoms with E-state index in [2.05, 4.69) is 24.1 Å². The first-order valence-electron chi connectivity index (χ1n) is 7.47. The van der Waals surface area contributed by atoms with Crippen molar-refractivity contribution in [1.82, 2.24) is 10.2 Å². The van der Waals surface area contributed by atoms with Gasteiger partial charge in [-0.15, -0.1) is 0 Å². The Bertz CT molecular complexity index is 428. The van der Waals surface area contributed by atoms with Crippen LogP contribution in [-0.4, -0.2) is 31.1 Å². The molecule has 20 heavy (non-hydrogen) atoms. The average molecular weight is 282 g/mol. The van der Waals surface area contributed by atoms with E-state index < -0.39 is 11.6 Å². The fourth-order valence-corrected chi connectivity index (χ4v) is 2.79. The Hall–Kier alpha value is -1.00. The van der Waals surface area contributed by atoms with Gasteiger partial charge in [-0.2, -0.15) is 0 Å². The Balaban J connectivity index is 2.19. The highest BCUT2D eigenvalue weighted by molar-refractivity contribution is 5.22. The third-order valence-electron chi connectivity index (χ3n) is 3.93. The van der Waals surface area contributed by atoms with Crippen molar-refractivity contribution >= 4 is 0 Å². The molecule has 0 unspecified atom stereocenters. The van der Waals surface area contributed by atoms with Crippen molar-refractivity contribution in [2.45, 2.75) is 32.7 Å². The second kappa shape index (κ2) is 7.14. The molecule has 0 saturated carbocycles. The minimum absolute atomic E-state index is 0.0556. The summed E-state index contributed by atoms with van der Waals surface area (Å²) in [6.07, 6.45) is 1.96. The number of rotatable bonds is 5. The highest BCUT2D eigenvalue weighted by Crippen LogP contribution is 2.29. The molecule has 1 atom stereocenters. The summed E-state index contributed by atoms with van der Waals surface area (Å²) < 4.78 is 27.2. The molecule has 2 nitrogen and oxygen atoms in total. The van der Waals surface area contributed by atoms with Crippen LogP contribution >= 0.6 is 0 Å². The van der Waals surface area contributed by atoms with Crippen LogP contribution in [0.25, 0.3) is 0 Å². The Morgan fingerprint density at radius 2 is 1.85 bits per heavy atom. The summed E-state index contributed by atoms with van der Waals surface area (Å²) in [5, 5.41) is 3.31. The quantitative estimate of drug-likeness (QED) is 0.891. The van der Waals surface area contributed by atoms with Crippen molar-refractivity contribution in [1.29, 1.82) is 0 Å². The van der Waals surface area contributed by atoms with Gasteiger partial charge in [0, 0.05) is 43.9 Å². The molecular weight excluding hydrogens is 258 g/mol. The molecule has 112 valence electrons. The van der Waals surface area contributed by atoms with E-state index in [1.165, 1.54) is 6.07 Å². The second-order valence-corrected chi connectivity index (χ2v) is 5.94. The van der Waals surface area contributed by atoms with Crippen LogP contribution < -0.4 is 5.32 Å². The summed E-state index contributed by atoms with van der Waals surface area (Å²) >= 11 is 0. The van der Waals surface area contributed by atoms with Crippen LogP contribution in [0.1, 0.15) is 38.3 Å². The maximum Gasteiger partial charge on any atom is 0.130 e. The maximum absolute atomic E-state index is 14.1. The molecule has 1 aliphatic heterocycles. The Morgan fingerprint density at radius 1 is 1.15 bits per heavy atom. The molecule has 0 aliphatic carbocycles. The van der Waals surface area contributed by atoms with Gasteiger partial charge >= 0.3 is 0 Å². The summed E-state index contributed by atoms with van der Waals surface area (Å²) in [4.78, 5) is 2.31. The Morgan fingerprint density at radius 3 is 2.45 bits per heavy atom. The van der Waals surface area contributed by atoms with Gasteiger partial charge in [-0.05, 0) is 24.8 Å². The van der Waals surface area contributed by atoms with Crippen molar-refractivity contribution in [3.05, 3.63) is 35.4 Å². The van der Waals surface area contributed by atoms with Gasteiger partial charge < -0.3 is 5.32 Å². The first-order chi connectivity index (χ1) is 9.58. The van der Waals surface area contributed by atoms with E-state index in [1.807, 2.05) is 0 Å². The average Bonchev–Trinajstić information content (AvgIpc) is 2.42. The molecule has 0 amide bonds. The lowest BCUT2D eigenvalue weighted by Crippen LogP contribution is -2.45. The lowest BCUT2D eigenvalue weighted by molar-refractivity contribution is 0.156. The summed E-state index contributed by atoms with van der Waals surface area (Å²) in [5.74, 6) is -0.338. The molecule has 4 heteroatoms. The van der Waals surface area contributed by atoms with Crippen molar-refractivity contribution in [3.63, 3.8) is 0 Å². The molecule has 0 spiro atoms. The fourth-order valence-electron chi connectivity index (χ4n) is 2.79. The van der Waals surface area contributed by atoms with E-state index in [9.17, 15) is 8.78 Å². The van der Waals surface area contributed by atoms with E-state index in [-0.39, 0.29) is 6.04 Å². The molecule has 0 radical (unpaired) electrons. The van der Waals surface area contributed by atoms with Gasteiger partial charge in [0.1, 0.15) is 11.6 Å². The minimum atomic E-state index is -0.505. The zero-order chi connectivity index (χ0) is 14.5. The molecule has 1 fully saturated rings. The topological polar surface area (TPSA) is 15.3 Å². The van der Waals surface area contributed by atoms with Crippen LogP contribution in [0.2, 0.25) is 0 Å². The first-order valence-corrected chi connectivity index (χ1v) is 7.47. The predicted octanol–water partition coefficient (Wildman–Crippen LogP) is 3.35. The molecule has 0 aromatic heterocycles. The van der Waals surface area contributed by atoms with Crippen molar-refractivity contribution in [2.24, 2.45) is 5.92 Å². The van der Waals surface area contributed by atoms with Gasteiger partial charge in [-0.1, -0.05) is 19.9 Å². The minimum Gasteiger partial charge on any atom is -0.314 e. The van der Waals surface area contributed by atoms with Crippen LogP contribution in [0.15, 0.2) is 18.2 Å². The smallest absolute Gasteiger partial charge is 0.130 e. The number of piperazine rings is 1. The summed E-state index contributed by atoms with van der Waals surface area (Å²) in [6.45, 7) is 8.05. The van der Waals surface area contributed by atoms with Crippen LogP contribution in [0.5, 0.6) is 0 Å². The van der Waals surface area contributed by atoms with E-state index in [4.69, 9.17) is 0 Å². The zero-order valence-corrected chi connectivity index (χ0v) is 12.3. The number of hydrogen-bond acceptors (Lipinski definition) is 2. The first kappa shape index (κ1) is 15.4. The normalized spacial score (nSPS) is 18.4. The standard InChI is InChI=1S/C16H24F2N2/c1-12(2)3-6-16(20-9-7-19-8-10-20)14-5-4-13(17)11-15(14)18/h4-5,11-12,16,19H,3,6-10H2,1-2H3/t16-/m0/s1. The monoisotopic (exact) mass is 282 g/mol. The highest BCUT2D eigenvalue weighted by atomic mass is 19.1. The fraction of sp³-hybridized carbons (Fsp3) is 0.625. The SMILES string of the molecule is CC(C)CC[C@@H](c1ccc(F)cc1F)N1CCNCC1. The molecule has 1 aromatic rings. The molecular formula is C16H24F2N2. The third kappa shape index (κ3) is 4.00. The van der Waals surface area contributed by atoms with Crippen LogP contribution in [-0.2, 0) is 0 Å². The second-order valence-electron chi connectivity index (χ2n) is 5.94. The van der Waals surface area contributed by atoms with Gasteiger partial charge in [0.25, 0.3) is 0 Å². The van der Waals surface area contributed by atoms with Gasteiger partial charge in [0.15, 0.2) is 0 Å². The molecule has 0 bridgehead atoms. The van der Waals surface area contributed by atoms with Crippen LogP contribution in [0.4, 0.5) is 8.78 Å². The molecule has 1 aromatic carbocycles. The zero-order valence-electron chi connectivity index (χ0n) is 12.3. The van der Waals surface area contributed by atoms with Gasteiger partial charge in [-0.3, -0.25) is 4.90 Å². The number of nitrogens with zero attached hydrogens (tertiary/aromatic N) is 1. The summed E-state index contributed by atoms with van der Waals surface area (Å²) in [6, 6.07) is 4.03. The number of benzene rings is 1. The van der Waals surface area contributed by atoms with Crippen molar-refractivity contribution in [3.8, 4) is 0 Å².